The highest BCUT2D eigenvalue weighted by molar-refractivity contribution is 9.10. The number of carbonyl (C=O) groups excluding carboxylic acids is 2. The number of nitrogens with two attached hydrogens (primary N) is 1. The maximum absolute atomic E-state index is 13.2. The lowest BCUT2D eigenvalue weighted by molar-refractivity contribution is -0.125. The molecule has 0 aliphatic heterocycles. The van der Waals surface area contributed by atoms with E-state index >= 15 is 0 Å². The number of anilines is 1. The van der Waals surface area contributed by atoms with E-state index in [2.05, 4.69) is 21.2 Å². The van der Waals surface area contributed by atoms with Crippen LogP contribution in [0.4, 0.5) is 10.1 Å². The van der Waals surface area contributed by atoms with E-state index in [0.29, 0.717) is 0 Å². The number of hydrogen-bond acceptors (Lipinski definition) is 4. The van der Waals surface area contributed by atoms with Crippen molar-refractivity contribution in [2.75, 3.05) is 12.3 Å². The Hall–Kier alpha value is -1.63. The SMILES string of the molecule is CC(C)C(C)NC(=O)COC(=O)c1cc(N)c(F)cc1Br. The van der Waals surface area contributed by atoms with Crippen molar-refractivity contribution in [1.82, 2.24) is 5.32 Å². The number of benzene rings is 1. The van der Waals surface area contributed by atoms with E-state index in [-0.39, 0.29) is 27.7 Å². The molecule has 0 bridgehead atoms. The minimum absolute atomic E-state index is 0.0237. The molecule has 21 heavy (non-hydrogen) atoms. The van der Waals surface area contributed by atoms with Gasteiger partial charge in [0.1, 0.15) is 5.82 Å². The first-order chi connectivity index (χ1) is 9.72. The molecule has 0 saturated carbocycles. The minimum Gasteiger partial charge on any atom is -0.452 e. The molecule has 0 radical (unpaired) electrons. The number of amides is 1. The normalized spacial score (nSPS) is 12.1. The maximum Gasteiger partial charge on any atom is 0.339 e. The van der Waals surface area contributed by atoms with E-state index in [1.54, 1.807) is 0 Å². The molecule has 0 aliphatic carbocycles. The summed E-state index contributed by atoms with van der Waals surface area (Å²) in [5.74, 6) is -1.51. The smallest absolute Gasteiger partial charge is 0.339 e. The second-order valence-corrected chi connectivity index (χ2v) is 5.88. The van der Waals surface area contributed by atoms with Gasteiger partial charge >= 0.3 is 5.97 Å². The van der Waals surface area contributed by atoms with Gasteiger partial charge in [0, 0.05) is 10.5 Å². The van der Waals surface area contributed by atoms with Gasteiger partial charge in [-0.3, -0.25) is 4.79 Å². The summed E-state index contributed by atoms with van der Waals surface area (Å²) in [5, 5.41) is 2.71. The van der Waals surface area contributed by atoms with Crippen molar-refractivity contribution < 1.29 is 18.7 Å². The third kappa shape index (κ3) is 5.00. The number of rotatable bonds is 5. The van der Waals surface area contributed by atoms with Gasteiger partial charge in [-0.1, -0.05) is 13.8 Å². The van der Waals surface area contributed by atoms with Crippen LogP contribution in [0.3, 0.4) is 0 Å². The van der Waals surface area contributed by atoms with Gasteiger partial charge in [0.25, 0.3) is 5.91 Å². The Morgan fingerprint density at radius 3 is 2.57 bits per heavy atom. The maximum atomic E-state index is 13.2. The van der Waals surface area contributed by atoms with Crippen molar-refractivity contribution in [2.45, 2.75) is 26.8 Å². The zero-order valence-corrected chi connectivity index (χ0v) is 13.7. The summed E-state index contributed by atoms with van der Waals surface area (Å²) < 4.78 is 18.3. The van der Waals surface area contributed by atoms with Crippen LogP contribution in [0.15, 0.2) is 16.6 Å². The average Bonchev–Trinajstić information content (AvgIpc) is 2.40. The number of halogens is 2. The van der Waals surface area contributed by atoms with E-state index in [0.717, 1.165) is 12.1 Å². The Morgan fingerprint density at radius 2 is 2.00 bits per heavy atom. The van der Waals surface area contributed by atoms with Crippen molar-refractivity contribution in [3.8, 4) is 0 Å². The number of nitrogens with one attached hydrogen (secondary N) is 1. The summed E-state index contributed by atoms with van der Waals surface area (Å²) in [7, 11) is 0. The lowest BCUT2D eigenvalue weighted by Gasteiger charge is -2.17. The van der Waals surface area contributed by atoms with Crippen LogP contribution in [0.25, 0.3) is 0 Å². The fraction of sp³-hybridized carbons (Fsp3) is 0.429. The predicted molar refractivity (Wildman–Crippen MR) is 81.2 cm³/mol. The quantitative estimate of drug-likeness (QED) is 0.624. The lowest BCUT2D eigenvalue weighted by atomic mass is 10.1. The van der Waals surface area contributed by atoms with Gasteiger partial charge < -0.3 is 15.8 Å². The number of esters is 1. The van der Waals surface area contributed by atoms with E-state index < -0.39 is 24.3 Å². The topological polar surface area (TPSA) is 81.4 Å². The molecule has 1 unspecified atom stereocenters. The Morgan fingerprint density at radius 1 is 1.38 bits per heavy atom. The van der Waals surface area contributed by atoms with Gasteiger partial charge in [-0.05, 0) is 40.9 Å². The highest BCUT2D eigenvalue weighted by atomic mass is 79.9. The van der Waals surface area contributed by atoms with Crippen LogP contribution in [0.5, 0.6) is 0 Å². The van der Waals surface area contributed by atoms with E-state index in [1.165, 1.54) is 0 Å². The second-order valence-electron chi connectivity index (χ2n) is 5.03. The number of ether oxygens (including phenoxy) is 1. The Kier molecular flexibility index (Phi) is 6.14. The molecule has 0 saturated heterocycles. The summed E-state index contributed by atoms with van der Waals surface area (Å²) >= 11 is 3.05. The van der Waals surface area contributed by atoms with E-state index in [1.807, 2.05) is 20.8 Å². The van der Waals surface area contributed by atoms with E-state index in [9.17, 15) is 14.0 Å². The fourth-order valence-electron chi connectivity index (χ4n) is 1.39. The summed E-state index contributed by atoms with van der Waals surface area (Å²) in [6, 6.07) is 2.22. The van der Waals surface area contributed by atoms with Crippen molar-refractivity contribution in [3.63, 3.8) is 0 Å². The van der Waals surface area contributed by atoms with Crippen molar-refractivity contribution in [3.05, 3.63) is 28.0 Å². The number of carbonyl (C=O) groups is 2. The molecule has 116 valence electrons. The largest absolute Gasteiger partial charge is 0.452 e. The highest BCUT2D eigenvalue weighted by Gasteiger charge is 2.17. The second kappa shape index (κ2) is 7.40. The van der Waals surface area contributed by atoms with Crippen LogP contribution < -0.4 is 11.1 Å². The summed E-state index contributed by atoms with van der Waals surface area (Å²) in [4.78, 5) is 23.5. The molecule has 1 amide bonds. The molecular formula is C14H18BrFN2O3. The summed E-state index contributed by atoms with van der Waals surface area (Å²) in [6.45, 7) is 5.39. The first-order valence-corrected chi connectivity index (χ1v) is 7.22. The first-order valence-electron chi connectivity index (χ1n) is 6.43. The summed E-state index contributed by atoms with van der Waals surface area (Å²) in [5.41, 5.74) is 5.30. The van der Waals surface area contributed by atoms with Gasteiger partial charge in [-0.15, -0.1) is 0 Å². The number of nitrogen functional groups attached to an aromatic ring is 1. The predicted octanol–water partition coefficient (Wildman–Crippen LogP) is 2.49. The molecule has 1 atom stereocenters. The van der Waals surface area contributed by atoms with Gasteiger partial charge in [0.05, 0.1) is 11.3 Å². The highest BCUT2D eigenvalue weighted by Crippen LogP contribution is 2.23. The molecule has 0 aromatic heterocycles. The number of hydrogen-bond donors (Lipinski definition) is 2. The molecule has 1 aromatic carbocycles. The minimum atomic E-state index is -0.749. The van der Waals surface area contributed by atoms with Crippen LogP contribution in [0.2, 0.25) is 0 Å². The van der Waals surface area contributed by atoms with Crippen LogP contribution in [0.1, 0.15) is 31.1 Å². The average molecular weight is 361 g/mol. The van der Waals surface area contributed by atoms with Gasteiger partial charge in [0.2, 0.25) is 0 Å². The Labute approximate surface area is 131 Å². The standard InChI is InChI=1S/C14H18BrFN2O3/c1-7(2)8(3)18-13(19)6-21-14(20)9-4-12(17)11(16)5-10(9)15/h4-5,7-8H,6,17H2,1-3H3,(H,18,19). The molecule has 0 spiro atoms. The van der Waals surface area contributed by atoms with Crippen LogP contribution in [-0.2, 0) is 9.53 Å². The van der Waals surface area contributed by atoms with Crippen molar-refractivity contribution in [1.29, 1.82) is 0 Å². The third-order valence-corrected chi connectivity index (χ3v) is 3.69. The Bertz CT molecular complexity index is 549. The van der Waals surface area contributed by atoms with Gasteiger partial charge in [-0.25, -0.2) is 9.18 Å². The molecule has 1 rings (SSSR count). The zero-order chi connectivity index (χ0) is 16.2. The molecule has 0 aliphatic rings. The van der Waals surface area contributed by atoms with Crippen molar-refractivity contribution in [2.24, 2.45) is 5.92 Å². The zero-order valence-electron chi connectivity index (χ0n) is 12.1. The summed E-state index contributed by atoms with van der Waals surface area (Å²) in [6.07, 6.45) is 0. The monoisotopic (exact) mass is 360 g/mol. The molecule has 5 nitrogen and oxygen atoms in total. The molecule has 3 N–H and O–H groups in total. The van der Waals surface area contributed by atoms with Gasteiger partial charge in [-0.2, -0.15) is 0 Å². The third-order valence-electron chi connectivity index (χ3n) is 3.03. The van der Waals surface area contributed by atoms with Crippen LogP contribution in [-0.4, -0.2) is 24.5 Å². The molecule has 1 aromatic rings. The van der Waals surface area contributed by atoms with Crippen LogP contribution in [0, 0.1) is 11.7 Å². The fourth-order valence-corrected chi connectivity index (χ4v) is 1.87. The molecule has 0 fully saturated rings. The first kappa shape index (κ1) is 17.4. The van der Waals surface area contributed by atoms with Gasteiger partial charge in [0.15, 0.2) is 6.61 Å². The van der Waals surface area contributed by atoms with Crippen molar-refractivity contribution >= 4 is 33.5 Å². The van der Waals surface area contributed by atoms with Crippen LogP contribution >= 0.6 is 15.9 Å². The Balaban J connectivity index is 2.62. The molecule has 7 heteroatoms. The van der Waals surface area contributed by atoms with E-state index in [4.69, 9.17) is 10.5 Å². The lowest BCUT2D eigenvalue weighted by Crippen LogP contribution is -2.38. The molecular weight excluding hydrogens is 343 g/mol. The molecule has 0 heterocycles.